The van der Waals surface area contributed by atoms with Crippen molar-refractivity contribution in [3.8, 4) is 0 Å². The Balaban J connectivity index is 2.07. The van der Waals surface area contributed by atoms with Crippen LogP contribution in [0, 0.1) is 7.91 Å². The predicted molar refractivity (Wildman–Crippen MR) is 75.6 cm³/mol. The summed E-state index contributed by atoms with van der Waals surface area (Å²) in [5.41, 5.74) is 0. The standard InChI is InChI=1S/C6H6N4S6/c1-9-5(11)13-3(7-9)15-16-4-8-10(2)6(12)14-4/h1-2H3. The average Bonchev–Trinajstić information content (AvgIpc) is 2.70. The highest BCUT2D eigenvalue weighted by Gasteiger charge is 2.06. The molecule has 2 rings (SSSR count). The Morgan fingerprint density at radius 1 is 0.938 bits per heavy atom. The number of aromatic nitrogens is 4. The van der Waals surface area contributed by atoms with E-state index in [-0.39, 0.29) is 0 Å². The molecule has 86 valence electrons. The third kappa shape index (κ3) is 2.93. The van der Waals surface area contributed by atoms with Crippen LogP contribution in [0.1, 0.15) is 0 Å². The van der Waals surface area contributed by atoms with E-state index in [9.17, 15) is 0 Å². The lowest BCUT2D eigenvalue weighted by molar-refractivity contribution is 0.729. The lowest BCUT2D eigenvalue weighted by Gasteiger charge is -1.90. The normalized spacial score (nSPS) is 10.9. The lowest BCUT2D eigenvalue weighted by Crippen LogP contribution is -1.88. The van der Waals surface area contributed by atoms with Crippen molar-refractivity contribution in [3.05, 3.63) is 7.91 Å². The third-order valence-corrected chi connectivity index (χ3v) is 7.31. The van der Waals surface area contributed by atoms with Gasteiger partial charge < -0.3 is 0 Å². The highest BCUT2D eigenvalue weighted by Crippen LogP contribution is 2.39. The second kappa shape index (κ2) is 5.27. The van der Waals surface area contributed by atoms with Crippen molar-refractivity contribution in [2.75, 3.05) is 0 Å². The molecule has 0 aromatic carbocycles. The van der Waals surface area contributed by atoms with Gasteiger partial charge in [-0.25, -0.2) is 9.36 Å². The molecule has 0 bridgehead atoms. The Kier molecular flexibility index (Phi) is 4.19. The fraction of sp³-hybridized carbons (Fsp3) is 0.333. The maximum atomic E-state index is 5.09. The molecule has 0 unspecified atom stereocenters. The number of nitrogens with zero attached hydrogens (tertiary/aromatic N) is 4. The molecule has 0 atom stereocenters. The van der Waals surface area contributed by atoms with Crippen LogP contribution in [-0.2, 0) is 14.1 Å². The van der Waals surface area contributed by atoms with E-state index in [1.165, 1.54) is 22.7 Å². The van der Waals surface area contributed by atoms with Gasteiger partial charge in [-0.2, -0.15) is 10.2 Å². The molecule has 0 aliphatic heterocycles. The van der Waals surface area contributed by atoms with Crippen molar-refractivity contribution < 1.29 is 0 Å². The van der Waals surface area contributed by atoms with Crippen molar-refractivity contribution >= 4 is 68.7 Å². The molecule has 0 spiro atoms. The largest absolute Gasteiger partial charge is 0.247 e. The molecule has 0 amide bonds. The maximum absolute atomic E-state index is 5.09. The van der Waals surface area contributed by atoms with Gasteiger partial charge in [-0.05, 0) is 46.0 Å². The van der Waals surface area contributed by atoms with Crippen LogP contribution in [0.25, 0.3) is 0 Å². The fourth-order valence-electron chi connectivity index (χ4n) is 0.788. The summed E-state index contributed by atoms with van der Waals surface area (Å²) in [6, 6.07) is 0. The molecule has 0 N–H and O–H groups in total. The van der Waals surface area contributed by atoms with Gasteiger partial charge in [-0.15, -0.1) is 0 Å². The van der Waals surface area contributed by atoms with Gasteiger partial charge in [0.1, 0.15) is 0 Å². The molecule has 16 heavy (non-hydrogen) atoms. The zero-order chi connectivity index (χ0) is 11.7. The van der Waals surface area contributed by atoms with Crippen LogP contribution >= 0.6 is 68.7 Å². The summed E-state index contributed by atoms with van der Waals surface area (Å²) in [6.07, 6.45) is 0. The van der Waals surface area contributed by atoms with E-state index in [0.29, 0.717) is 0 Å². The van der Waals surface area contributed by atoms with Gasteiger partial charge in [0.2, 0.25) is 0 Å². The first-order valence-electron chi connectivity index (χ1n) is 3.99. The minimum atomic E-state index is 0.775. The molecular formula is C6H6N4S6. The van der Waals surface area contributed by atoms with Gasteiger partial charge in [-0.1, -0.05) is 22.7 Å². The smallest absolute Gasteiger partial charge is 0.184 e. The number of hydrogen-bond donors (Lipinski definition) is 0. The van der Waals surface area contributed by atoms with E-state index in [4.69, 9.17) is 24.4 Å². The molecule has 0 radical (unpaired) electrons. The molecule has 0 fully saturated rings. The zero-order valence-electron chi connectivity index (χ0n) is 8.24. The van der Waals surface area contributed by atoms with Crippen molar-refractivity contribution in [1.82, 2.24) is 19.6 Å². The number of aryl methyl sites for hydroxylation is 2. The first-order chi connectivity index (χ1) is 7.56. The van der Waals surface area contributed by atoms with Crippen LogP contribution in [0.15, 0.2) is 8.68 Å². The number of rotatable bonds is 3. The molecule has 10 heteroatoms. The summed E-state index contributed by atoms with van der Waals surface area (Å²) in [5, 5.41) is 8.54. The Morgan fingerprint density at radius 3 is 1.56 bits per heavy atom. The van der Waals surface area contributed by atoms with E-state index >= 15 is 0 Å². The second-order valence-electron chi connectivity index (χ2n) is 2.68. The quantitative estimate of drug-likeness (QED) is 0.634. The molecule has 0 aliphatic rings. The molecule has 2 aromatic rings. The van der Waals surface area contributed by atoms with Crippen molar-refractivity contribution in [2.24, 2.45) is 14.1 Å². The van der Waals surface area contributed by atoms with Crippen molar-refractivity contribution in [3.63, 3.8) is 0 Å². The van der Waals surface area contributed by atoms with Crippen molar-refractivity contribution in [1.29, 1.82) is 0 Å². The summed E-state index contributed by atoms with van der Waals surface area (Å²) >= 11 is 13.2. The predicted octanol–water partition coefficient (Wildman–Crippen LogP) is 3.53. The Bertz CT molecular complexity index is 549. The van der Waals surface area contributed by atoms with E-state index in [1.54, 1.807) is 31.0 Å². The van der Waals surface area contributed by atoms with Gasteiger partial charge in [0.15, 0.2) is 16.6 Å². The lowest BCUT2D eigenvalue weighted by atomic mass is 11.3. The molecule has 0 saturated carbocycles. The summed E-state index contributed by atoms with van der Waals surface area (Å²) in [6.45, 7) is 0. The van der Waals surface area contributed by atoms with Gasteiger partial charge >= 0.3 is 0 Å². The zero-order valence-corrected chi connectivity index (χ0v) is 13.1. The van der Waals surface area contributed by atoms with Gasteiger partial charge in [-0.3, -0.25) is 0 Å². The molecule has 0 saturated heterocycles. The van der Waals surface area contributed by atoms with Crippen LogP contribution in [0.4, 0.5) is 0 Å². The van der Waals surface area contributed by atoms with Crippen molar-refractivity contribution in [2.45, 2.75) is 8.68 Å². The van der Waals surface area contributed by atoms with Crippen LogP contribution in [0.2, 0.25) is 0 Å². The SMILES string of the molecule is Cn1nc(SSc2nn(C)c(=S)s2)sc1=S. The first-order valence-corrected chi connectivity index (χ1v) is 8.59. The van der Waals surface area contributed by atoms with Crippen LogP contribution in [0.5, 0.6) is 0 Å². The van der Waals surface area contributed by atoms with Crippen LogP contribution < -0.4 is 0 Å². The summed E-state index contributed by atoms with van der Waals surface area (Å²) in [4.78, 5) is 0. The van der Waals surface area contributed by atoms with E-state index in [1.807, 2.05) is 14.1 Å². The maximum Gasteiger partial charge on any atom is 0.184 e. The van der Waals surface area contributed by atoms with Gasteiger partial charge in [0.05, 0.1) is 0 Å². The monoisotopic (exact) mass is 326 g/mol. The van der Waals surface area contributed by atoms with Gasteiger partial charge in [0, 0.05) is 14.1 Å². The summed E-state index contributed by atoms with van der Waals surface area (Å²) in [5.74, 6) is 0. The molecule has 2 heterocycles. The third-order valence-electron chi connectivity index (χ3n) is 1.53. The van der Waals surface area contributed by atoms with E-state index in [0.717, 1.165) is 16.6 Å². The van der Waals surface area contributed by atoms with Crippen LogP contribution in [-0.4, -0.2) is 19.6 Å². The average molecular weight is 327 g/mol. The van der Waals surface area contributed by atoms with E-state index in [2.05, 4.69) is 10.2 Å². The molecule has 0 aliphatic carbocycles. The Labute approximate surface area is 118 Å². The first kappa shape index (κ1) is 12.7. The number of hydrogen-bond acceptors (Lipinski definition) is 8. The minimum absolute atomic E-state index is 0.775. The topological polar surface area (TPSA) is 35.6 Å². The van der Waals surface area contributed by atoms with Crippen LogP contribution in [0.3, 0.4) is 0 Å². The fourth-order valence-corrected chi connectivity index (χ4v) is 5.68. The highest BCUT2D eigenvalue weighted by atomic mass is 33.1. The minimum Gasteiger partial charge on any atom is -0.247 e. The summed E-state index contributed by atoms with van der Waals surface area (Å²) in [7, 11) is 6.80. The highest BCUT2D eigenvalue weighted by molar-refractivity contribution is 8.77. The molecule has 4 nitrogen and oxygen atoms in total. The summed E-state index contributed by atoms with van der Waals surface area (Å²) < 4.78 is 6.81. The van der Waals surface area contributed by atoms with E-state index < -0.39 is 0 Å². The molecule has 2 aromatic heterocycles. The van der Waals surface area contributed by atoms with Gasteiger partial charge in [0.25, 0.3) is 0 Å². The second-order valence-corrected chi connectivity index (χ2v) is 8.55. The Morgan fingerprint density at radius 2 is 1.31 bits per heavy atom. The Hall–Kier alpha value is 0.260. The molecular weight excluding hydrogens is 320 g/mol.